The van der Waals surface area contributed by atoms with Gasteiger partial charge in [0.05, 0.1) is 39.2 Å². The minimum atomic E-state index is -0.595. The number of Topliss-reactive ketones (excluding diaryl/α,β-unsaturated/α-hetero) is 2. The average Bonchev–Trinajstić information content (AvgIpc) is 3.87. The highest BCUT2D eigenvalue weighted by atomic mass is 16.3. The Balaban J connectivity index is 1.07. The van der Waals surface area contributed by atoms with Gasteiger partial charge in [0.1, 0.15) is 24.6 Å². The lowest BCUT2D eigenvalue weighted by Gasteiger charge is -2.32. The number of allylic oxidation sites excluding steroid dienone is 9. The SMILES string of the molecule is CCCCN1/C(=C/C2=C(O)C(CC3=[N+](CCCC)c4cc5c(cc4C3(C)C)C(C)(C)/C(=C\C3=C(O)C(=C/C4=[N+](CCCC)c6ccccc6C4(C)C)/C3=O)N5CCCC)C2=O)C(C)(C)c2ccccc21. The van der Waals surface area contributed by atoms with Crippen molar-refractivity contribution in [2.24, 2.45) is 5.92 Å². The molecule has 1 unspecified atom stereocenters. The van der Waals surface area contributed by atoms with E-state index in [9.17, 15) is 19.8 Å². The third-order valence-corrected chi connectivity index (χ3v) is 17.0. The molecule has 0 amide bonds. The first-order chi connectivity index (χ1) is 33.3. The van der Waals surface area contributed by atoms with E-state index in [1.165, 1.54) is 33.6 Å². The highest BCUT2D eigenvalue weighted by Gasteiger charge is 2.54. The molecule has 2 aliphatic carbocycles. The Morgan fingerprint density at radius 1 is 0.571 bits per heavy atom. The molecule has 3 aromatic carbocycles. The van der Waals surface area contributed by atoms with E-state index in [2.05, 4.69) is 163 Å². The molecule has 0 aromatic heterocycles. The molecule has 3 aromatic rings. The lowest BCUT2D eigenvalue weighted by Crippen LogP contribution is -2.39. The molecule has 6 aliphatic rings. The number of ketones is 2. The Bertz CT molecular complexity index is 2930. The number of rotatable bonds is 17. The summed E-state index contributed by atoms with van der Waals surface area (Å²) < 4.78 is 4.80. The number of aliphatic hydroxyl groups is 2. The lowest BCUT2D eigenvalue weighted by atomic mass is 9.71. The van der Waals surface area contributed by atoms with Crippen molar-refractivity contribution in [3.63, 3.8) is 0 Å². The van der Waals surface area contributed by atoms with Gasteiger partial charge >= 0.3 is 0 Å². The van der Waals surface area contributed by atoms with E-state index in [0.29, 0.717) is 23.1 Å². The first-order valence-corrected chi connectivity index (χ1v) is 26.6. The molecular weight excluding hydrogens is 865 g/mol. The van der Waals surface area contributed by atoms with Gasteiger partial charge in [-0.25, -0.2) is 0 Å². The first kappa shape index (κ1) is 49.2. The van der Waals surface area contributed by atoms with Gasteiger partial charge in [0.15, 0.2) is 17.2 Å². The summed E-state index contributed by atoms with van der Waals surface area (Å²) in [7, 11) is 0. The second-order valence-corrected chi connectivity index (χ2v) is 22.9. The van der Waals surface area contributed by atoms with Crippen LogP contribution < -0.4 is 9.80 Å². The van der Waals surface area contributed by atoms with Crippen LogP contribution in [0, 0.1) is 5.92 Å². The maximum atomic E-state index is 14.4. The molecule has 4 aliphatic heterocycles. The smallest absolute Gasteiger partial charge is 0.211 e. The van der Waals surface area contributed by atoms with Crippen LogP contribution in [0.1, 0.15) is 163 Å². The predicted molar refractivity (Wildman–Crippen MR) is 287 cm³/mol. The highest BCUT2D eigenvalue weighted by Crippen LogP contribution is 2.55. The van der Waals surface area contributed by atoms with Crippen LogP contribution in [-0.4, -0.2) is 68.5 Å². The fraction of sp³-hybridized carbons (Fsp3) is 0.484. The number of aliphatic hydroxyl groups excluding tert-OH is 2. The maximum Gasteiger partial charge on any atom is 0.211 e. The molecule has 2 N–H and O–H groups in total. The number of carbonyl (C=O) groups excluding carboxylic acids is 2. The molecule has 8 heteroatoms. The highest BCUT2D eigenvalue weighted by molar-refractivity contribution is 6.24. The molecule has 0 bridgehead atoms. The average molecular weight is 943 g/mol. The minimum absolute atomic E-state index is 0.0107. The molecule has 0 saturated heterocycles. The number of benzene rings is 3. The van der Waals surface area contributed by atoms with Crippen molar-refractivity contribution < 1.29 is 29.0 Å². The third kappa shape index (κ3) is 7.52. The molecule has 1 atom stereocenters. The van der Waals surface area contributed by atoms with E-state index < -0.39 is 16.7 Å². The molecule has 368 valence electrons. The molecule has 8 nitrogen and oxygen atoms in total. The zero-order chi connectivity index (χ0) is 50.2. The zero-order valence-corrected chi connectivity index (χ0v) is 44.3. The van der Waals surface area contributed by atoms with Crippen LogP contribution in [0.4, 0.5) is 22.7 Å². The zero-order valence-electron chi connectivity index (χ0n) is 44.3. The molecule has 9 rings (SSSR count). The summed E-state index contributed by atoms with van der Waals surface area (Å²) in [4.78, 5) is 33.5. The summed E-state index contributed by atoms with van der Waals surface area (Å²) in [6, 6.07) is 21.8. The third-order valence-electron chi connectivity index (χ3n) is 17.0. The van der Waals surface area contributed by atoms with Crippen molar-refractivity contribution in [1.29, 1.82) is 0 Å². The predicted octanol–water partition coefficient (Wildman–Crippen LogP) is 13.7. The van der Waals surface area contributed by atoms with E-state index in [1.807, 2.05) is 18.2 Å². The number of unbranched alkanes of at least 4 members (excludes halogenated alkanes) is 4. The molecule has 0 spiro atoms. The molecule has 0 radical (unpaired) electrons. The molecule has 70 heavy (non-hydrogen) atoms. The van der Waals surface area contributed by atoms with Gasteiger partial charge in [0.2, 0.25) is 17.2 Å². The standard InChI is InChI=1S/C62H76N4O4/c1-13-17-29-63-47-27-23-21-25-43(47)59(5,6)51(63)33-39-55(67)41(56(39)68)35-53-61(9,10)45-37-46-50(38-49(45)65(53)31-19-15-3)66(32-20-16-4)54(62(46,11)12)36-42-57(69)40(58(42)70)34-52-60(7,8)44-26-22-24-28-48(44)64(52)30-18-14-2/h21-28,33-35,37-38,42H,13-20,29-32,36H2,1-12H3/p+2/b52-34+. The fourth-order valence-corrected chi connectivity index (χ4v) is 12.5. The second-order valence-electron chi connectivity index (χ2n) is 22.9. The van der Waals surface area contributed by atoms with E-state index in [1.54, 1.807) is 0 Å². The number of hydrogen-bond donors (Lipinski definition) is 2. The Labute approximate surface area is 418 Å². The maximum absolute atomic E-state index is 14.4. The van der Waals surface area contributed by atoms with Gasteiger partial charge in [0, 0.05) is 89.6 Å². The van der Waals surface area contributed by atoms with E-state index in [4.69, 9.17) is 0 Å². The van der Waals surface area contributed by atoms with Crippen LogP contribution in [0.3, 0.4) is 0 Å². The van der Waals surface area contributed by atoms with Crippen LogP contribution in [0.2, 0.25) is 0 Å². The van der Waals surface area contributed by atoms with Crippen LogP contribution in [0.15, 0.2) is 119 Å². The van der Waals surface area contributed by atoms with E-state index in [0.717, 1.165) is 112 Å². The summed E-state index contributed by atoms with van der Waals surface area (Å²) in [6.45, 7) is 30.0. The van der Waals surface area contributed by atoms with Crippen molar-refractivity contribution in [2.45, 2.75) is 163 Å². The monoisotopic (exact) mass is 943 g/mol. The van der Waals surface area contributed by atoms with Gasteiger partial charge in [-0.2, -0.15) is 9.15 Å². The number of anilines is 2. The number of carbonyl (C=O) groups is 2. The molecule has 0 saturated carbocycles. The number of hydrogen-bond acceptors (Lipinski definition) is 6. The van der Waals surface area contributed by atoms with E-state index in [-0.39, 0.29) is 33.9 Å². The van der Waals surface area contributed by atoms with Crippen molar-refractivity contribution in [3.05, 3.63) is 141 Å². The Morgan fingerprint density at radius 3 is 1.74 bits per heavy atom. The quantitative estimate of drug-likeness (QED) is 0.104. The van der Waals surface area contributed by atoms with Crippen LogP contribution >= 0.6 is 0 Å². The second kappa shape index (κ2) is 18.1. The summed E-state index contributed by atoms with van der Waals surface area (Å²) in [5.41, 5.74) is 13.5. The fourth-order valence-electron chi connectivity index (χ4n) is 12.5. The number of nitrogens with zero attached hydrogens (tertiary/aromatic N) is 4. The van der Waals surface area contributed by atoms with Gasteiger partial charge in [-0.05, 0) is 75.9 Å². The van der Waals surface area contributed by atoms with Crippen molar-refractivity contribution >= 4 is 45.7 Å². The number of fused-ring (bicyclic) bond motifs is 4. The van der Waals surface area contributed by atoms with Gasteiger partial charge < -0.3 is 20.0 Å². The molecule has 4 heterocycles. The summed E-state index contributed by atoms with van der Waals surface area (Å²) in [5, 5.41) is 23.8. The first-order valence-electron chi connectivity index (χ1n) is 26.6. The normalized spacial score (nSPS) is 23.0. The topological polar surface area (TPSA) is 87.1 Å². The number of para-hydroxylation sites is 2. The van der Waals surface area contributed by atoms with E-state index >= 15 is 0 Å². The van der Waals surface area contributed by atoms with Crippen molar-refractivity contribution in [3.8, 4) is 0 Å². The van der Waals surface area contributed by atoms with Crippen LogP contribution in [0.5, 0.6) is 0 Å². The van der Waals surface area contributed by atoms with Crippen molar-refractivity contribution in [1.82, 2.24) is 0 Å². The molecular formula is C62H78N4O4+2. The Morgan fingerprint density at radius 2 is 1.13 bits per heavy atom. The Hall–Kier alpha value is -5.76. The largest absolute Gasteiger partial charge is 0.511 e. The lowest BCUT2D eigenvalue weighted by molar-refractivity contribution is -0.440. The van der Waals surface area contributed by atoms with Gasteiger partial charge in [-0.15, -0.1) is 0 Å². The summed E-state index contributed by atoms with van der Waals surface area (Å²) in [6.07, 6.45) is 14.5. The Kier molecular flexibility index (Phi) is 12.8. The summed E-state index contributed by atoms with van der Waals surface area (Å²) in [5.74, 6) is -0.442. The minimum Gasteiger partial charge on any atom is -0.511 e. The van der Waals surface area contributed by atoms with Crippen LogP contribution in [0.25, 0.3) is 0 Å². The van der Waals surface area contributed by atoms with Gasteiger partial charge in [0.25, 0.3) is 0 Å². The van der Waals surface area contributed by atoms with Crippen LogP contribution in [-0.2, 0) is 31.2 Å². The van der Waals surface area contributed by atoms with Gasteiger partial charge in [-0.3, -0.25) is 9.59 Å². The summed E-state index contributed by atoms with van der Waals surface area (Å²) >= 11 is 0. The van der Waals surface area contributed by atoms with Gasteiger partial charge in [-0.1, -0.05) is 117 Å². The van der Waals surface area contributed by atoms with Crippen molar-refractivity contribution in [2.75, 3.05) is 36.0 Å². The molecule has 0 fully saturated rings.